The van der Waals surface area contributed by atoms with Crippen LogP contribution in [0.5, 0.6) is 11.5 Å². The summed E-state index contributed by atoms with van der Waals surface area (Å²) in [5.74, 6) is 0.958. The van der Waals surface area contributed by atoms with Gasteiger partial charge in [-0.25, -0.2) is 0 Å². The van der Waals surface area contributed by atoms with Gasteiger partial charge in [0.15, 0.2) is 11.5 Å². The number of esters is 1. The maximum absolute atomic E-state index is 11.1. The van der Waals surface area contributed by atoms with Gasteiger partial charge in [0.1, 0.15) is 0 Å². The van der Waals surface area contributed by atoms with Gasteiger partial charge in [-0.2, -0.15) is 0 Å². The Morgan fingerprint density at radius 3 is 2.74 bits per heavy atom. The van der Waals surface area contributed by atoms with Crippen LogP contribution in [0.2, 0.25) is 0 Å². The number of aliphatic hydroxyl groups excluding tert-OH is 1. The average Bonchev–Trinajstić information content (AvgIpc) is 2.44. The summed E-state index contributed by atoms with van der Waals surface area (Å²) in [6.45, 7) is 2.55. The predicted molar refractivity (Wildman–Crippen MR) is 70.3 cm³/mol. The topological polar surface area (TPSA) is 65.0 Å². The number of rotatable bonds is 8. The van der Waals surface area contributed by atoms with Crippen LogP contribution in [0.1, 0.15) is 25.3 Å². The molecule has 1 aromatic carbocycles. The minimum absolute atomic E-state index is 0.0422. The number of carbonyl (C=O) groups is 1. The number of aliphatic hydroxyl groups is 1. The highest BCUT2D eigenvalue weighted by atomic mass is 16.5. The molecule has 0 saturated heterocycles. The molecular weight excluding hydrogens is 248 g/mol. The quantitative estimate of drug-likeness (QED) is 0.576. The lowest BCUT2D eigenvalue weighted by atomic mass is 10.2. The fourth-order valence-electron chi connectivity index (χ4n) is 1.56. The van der Waals surface area contributed by atoms with E-state index in [1.807, 2.05) is 0 Å². The van der Waals surface area contributed by atoms with Crippen LogP contribution in [0.15, 0.2) is 18.2 Å². The molecule has 5 heteroatoms. The number of hydrogen-bond acceptors (Lipinski definition) is 5. The van der Waals surface area contributed by atoms with E-state index in [9.17, 15) is 4.79 Å². The van der Waals surface area contributed by atoms with Crippen molar-refractivity contribution in [3.63, 3.8) is 0 Å². The summed E-state index contributed by atoms with van der Waals surface area (Å²) >= 11 is 0. The van der Waals surface area contributed by atoms with E-state index in [0.717, 1.165) is 5.56 Å². The van der Waals surface area contributed by atoms with Gasteiger partial charge in [-0.1, -0.05) is 6.07 Å². The molecule has 5 nitrogen and oxygen atoms in total. The average molecular weight is 268 g/mol. The van der Waals surface area contributed by atoms with E-state index in [-0.39, 0.29) is 12.6 Å². The molecule has 0 fully saturated rings. The third kappa shape index (κ3) is 5.18. The summed E-state index contributed by atoms with van der Waals surface area (Å²) in [6, 6.07) is 5.23. The Hall–Kier alpha value is -1.75. The van der Waals surface area contributed by atoms with Crippen LogP contribution in [-0.2, 0) is 16.1 Å². The van der Waals surface area contributed by atoms with E-state index in [1.165, 1.54) is 0 Å². The van der Waals surface area contributed by atoms with Crippen LogP contribution >= 0.6 is 0 Å². The lowest BCUT2D eigenvalue weighted by molar-refractivity contribution is -0.143. The third-order valence-electron chi connectivity index (χ3n) is 2.50. The molecule has 1 rings (SSSR count). The molecule has 1 N–H and O–H groups in total. The van der Waals surface area contributed by atoms with E-state index in [1.54, 1.807) is 32.2 Å². The summed E-state index contributed by atoms with van der Waals surface area (Å²) in [6.07, 6.45) is 0.925. The minimum atomic E-state index is -0.214. The molecular formula is C14H20O5. The highest BCUT2D eigenvalue weighted by Crippen LogP contribution is 2.28. The molecule has 0 aliphatic carbocycles. The highest BCUT2D eigenvalue weighted by Gasteiger charge is 2.06. The molecule has 0 aliphatic rings. The van der Waals surface area contributed by atoms with E-state index in [4.69, 9.17) is 19.3 Å². The lowest BCUT2D eigenvalue weighted by Gasteiger charge is -2.11. The van der Waals surface area contributed by atoms with E-state index in [0.29, 0.717) is 37.6 Å². The van der Waals surface area contributed by atoms with Gasteiger partial charge >= 0.3 is 5.97 Å². The zero-order valence-electron chi connectivity index (χ0n) is 11.3. The van der Waals surface area contributed by atoms with E-state index < -0.39 is 0 Å². The summed E-state index contributed by atoms with van der Waals surface area (Å²) in [5.41, 5.74) is 0.760. The van der Waals surface area contributed by atoms with Crippen molar-refractivity contribution in [3.05, 3.63) is 23.8 Å². The van der Waals surface area contributed by atoms with Crippen LogP contribution in [0.25, 0.3) is 0 Å². The predicted octanol–water partition coefficient (Wildman–Crippen LogP) is 1.91. The standard InChI is InChI=1S/C14H20O5/c1-3-18-14(16)5-4-8-19-12-7-6-11(10-15)9-13(12)17-2/h6-7,9,15H,3-5,8,10H2,1-2H3. The first-order valence-electron chi connectivity index (χ1n) is 6.27. The Labute approximate surface area is 113 Å². The maximum atomic E-state index is 11.1. The molecule has 0 amide bonds. The number of benzene rings is 1. The second-order valence-corrected chi connectivity index (χ2v) is 3.90. The van der Waals surface area contributed by atoms with Crippen molar-refractivity contribution in [2.24, 2.45) is 0 Å². The third-order valence-corrected chi connectivity index (χ3v) is 2.50. The molecule has 1 aromatic rings. The molecule has 106 valence electrons. The Kier molecular flexibility index (Phi) is 6.74. The van der Waals surface area contributed by atoms with Crippen molar-refractivity contribution in [1.29, 1.82) is 0 Å². The smallest absolute Gasteiger partial charge is 0.305 e. The number of ether oxygens (including phenoxy) is 3. The van der Waals surface area contributed by atoms with Gasteiger partial charge in [0.2, 0.25) is 0 Å². The Morgan fingerprint density at radius 2 is 2.11 bits per heavy atom. The van der Waals surface area contributed by atoms with Crippen molar-refractivity contribution in [1.82, 2.24) is 0 Å². The molecule has 0 unspecified atom stereocenters. The molecule has 0 aliphatic heterocycles. The second-order valence-electron chi connectivity index (χ2n) is 3.90. The zero-order chi connectivity index (χ0) is 14.1. The van der Waals surface area contributed by atoms with Gasteiger partial charge in [-0.15, -0.1) is 0 Å². The van der Waals surface area contributed by atoms with E-state index in [2.05, 4.69) is 0 Å². The first kappa shape index (κ1) is 15.3. The van der Waals surface area contributed by atoms with Crippen molar-refractivity contribution < 1.29 is 24.1 Å². The van der Waals surface area contributed by atoms with Crippen LogP contribution in [0, 0.1) is 0 Å². The molecule has 0 radical (unpaired) electrons. The van der Waals surface area contributed by atoms with Gasteiger partial charge < -0.3 is 19.3 Å². The van der Waals surface area contributed by atoms with Gasteiger partial charge in [0.25, 0.3) is 0 Å². The minimum Gasteiger partial charge on any atom is -0.493 e. The fraction of sp³-hybridized carbons (Fsp3) is 0.500. The SMILES string of the molecule is CCOC(=O)CCCOc1ccc(CO)cc1OC. The zero-order valence-corrected chi connectivity index (χ0v) is 11.3. The van der Waals surface area contributed by atoms with Crippen molar-refractivity contribution >= 4 is 5.97 Å². The van der Waals surface area contributed by atoms with Gasteiger partial charge in [-0.3, -0.25) is 4.79 Å². The summed E-state index contributed by atoms with van der Waals surface area (Å²) in [4.78, 5) is 11.1. The molecule has 0 atom stereocenters. The molecule has 0 spiro atoms. The van der Waals surface area contributed by atoms with Crippen LogP contribution in [-0.4, -0.2) is 31.4 Å². The Morgan fingerprint density at radius 1 is 1.32 bits per heavy atom. The largest absolute Gasteiger partial charge is 0.493 e. The first-order chi connectivity index (χ1) is 9.21. The fourth-order valence-corrected chi connectivity index (χ4v) is 1.56. The van der Waals surface area contributed by atoms with Crippen LogP contribution in [0.4, 0.5) is 0 Å². The van der Waals surface area contributed by atoms with Crippen molar-refractivity contribution in [3.8, 4) is 11.5 Å². The first-order valence-corrected chi connectivity index (χ1v) is 6.27. The van der Waals surface area contributed by atoms with Crippen molar-refractivity contribution in [2.75, 3.05) is 20.3 Å². The van der Waals surface area contributed by atoms with Gasteiger partial charge in [0.05, 0.1) is 26.9 Å². The Balaban J connectivity index is 2.42. The molecule has 19 heavy (non-hydrogen) atoms. The number of carbonyl (C=O) groups excluding carboxylic acids is 1. The second kappa shape index (κ2) is 8.37. The lowest BCUT2D eigenvalue weighted by Crippen LogP contribution is -2.07. The molecule has 0 aromatic heterocycles. The van der Waals surface area contributed by atoms with Gasteiger partial charge in [-0.05, 0) is 31.0 Å². The molecule has 0 bridgehead atoms. The summed E-state index contributed by atoms with van der Waals surface area (Å²) in [7, 11) is 1.54. The number of hydrogen-bond donors (Lipinski definition) is 1. The molecule has 0 heterocycles. The monoisotopic (exact) mass is 268 g/mol. The molecule has 0 saturated carbocycles. The highest BCUT2D eigenvalue weighted by molar-refractivity contribution is 5.69. The van der Waals surface area contributed by atoms with Crippen LogP contribution in [0.3, 0.4) is 0 Å². The van der Waals surface area contributed by atoms with E-state index >= 15 is 0 Å². The summed E-state index contributed by atoms with van der Waals surface area (Å²) in [5, 5.41) is 9.03. The van der Waals surface area contributed by atoms with Crippen LogP contribution < -0.4 is 9.47 Å². The summed E-state index contributed by atoms with van der Waals surface area (Å²) < 4.78 is 15.5. The normalized spacial score (nSPS) is 10.1. The van der Waals surface area contributed by atoms with Gasteiger partial charge in [0, 0.05) is 6.42 Å². The number of methoxy groups -OCH3 is 1. The Bertz CT molecular complexity index is 403. The van der Waals surface area contributed by atoms with Crippen molar-refractivity contribution in [2.45, 2.75) is 26.4 Å². The maximum Gasteiger partial charge on any atom is 0.305 e.